The van der Waals surface area contributed by atoms with Gasteiger partial charge in [0, 0.05) is 24.0 Å². The number of nitrogens with zero attached hydrogens (tertiary/aromatic N) is 1. The van der Waals surface area contributed by atoms with Crippen molar-refractivity contribution in [3.05, 3.63) is 23.8 Å². The van der Waals surface area contributed by atoms with Gasteiger partial charge in [0.1, 0.15) is 5.75 Å². The minimum absolute atomic E-state index is 0.0433. The van der Waals surface area contributed by atoms with Crippen LogP contribution in [0, 0.1) is 5.92 Å². The van der Waals surface area contributed by atoms with Crippen LogP contribution in [-0.4, -0.2) is 32.7 Å². The first-order chi connectivity index (χ1) is 11.9. The Morgan fingerprint density at radius 3 is 2.72 bits per heavy atom. The summed E-state index contributed by atoms with van der Waals surface area (Å²) in [6.45, 7) is 2.72. The van der Waals surface area contributed by atoms with Crippen molar-refractivity contribution in [1.29, 1.82) is 0 Å². The van der Waals surface area contributed by atoms with Crippen LogP contribution < -0.4 is 15.4 Å². The number of carbonyl (C=O) groups excluding carboxylic acids is 1. The predicted molar refractivity (Wildman–Crippen MR) is 99.9 cm³/mol. The van der Waals surface area contributed by atoms with E-state index >= 15 is 0 Å². The fourth-order valence-corrected chi connectivity index (χ4v) is 5.13. The Labute approximate surface area is 149 Å². The molecule has 0 aromatic heterocycles. The molecule has 0 spiro atoms. The summed E-state index contributed by atoms with van der Waals surface area (Å²) >= 11 is 0. The van der Waals surface area contributed by atoms with E-state index in [-0.39, 0.29) is 11.9 Å². The maximum atomic E-state index is 12.6. The molecule has 1 aliphatic heterocycles. The SMILES string of the molecule is CC1CCC(NS(=O)(=O)CC(=O)N2CCCc3c(N)cccc32)CC1. The van der Waals surface area contributed by atoms with Gasteiger partial charge in [-0.15, -0.1) is 0 Å². The van der Waals surface area contributed by atoms with E-state index in [0.29, 0.717) is 18.2 Å². The maximum absolute atomic E-state index is 12.6. The van der Waals surface area contributed by atoms with Crippen LogP contribution >= 0.6 is 0 Å². The average Bonchev–Trinajstić information content (AvgIpc) is 2.56. The fraction of sp³-hybridized carbons (Fsp3) is 0.611. The van der Waals surface area contributed by atoms with Gasteiger partial charge in [-0.05, 0) is 62.1 Å². The minimum atomic E-state index is -3.63. The van der Waals surface area contributed by atoms with Crippen molar-refractivity contribution in [2.75, 3.05) is 22.9 Å². The number of sulfonamides is 1. The van der Waals surface area contributed by atoms with Gasteiger partial charge in [-0.1, -0.05) is 13.0 Å². The van der Waals surface area contributed by atoms with Crippen molar-refractivity contribution in [2.24, 2.45) is 5.92 Å². The zero-order valence-electron chi connectivity index (χ0n) is 14.7. The number of anilines is 2. The van der Waals surface area contributed by atoms with Gasteiger partial charge in [-0.25, -0.2) is 13.1 Å². The van der Waals surface area contributed by atoms with Crippen molar-refractivity contribution in [2.45, 2.75) is 51.5 Å². The van der Waals surface area contributed by atoms with E-state index in [4.69, 9.17) is 5.73 Å². The van der Waals surface area contributed by atoms with Crippen molar-refractivity contribution in [3.63, 3.8) is 0 Å². The number of nitrogens with two attached hydrogens (primary N) is 1. The van der Waals surface area contributed by atoms with Crippen molar-refractivity contribution in [3.8, 4) is 0 Å². The van der Waals surface area contributed by atoms with Crippen LogP contribution in [0.1, 0.15) is 44.6 Å². The second-order valence-corrected chi connectivity index (χ2v) is 9.08. The van der Waals surface area contributed by atoms with E-state index in [1.807, 2.05) is 12.1 Å². The smallest absolute Gasteiger partial charge is 0.243 e. The fourth-order valence-electron chi connectivity index (χ4n) is 3.82. The van der Waals surface area contributed by atoms with Gasteiger partial charge in [0.05, 0.1) is 0 Å². The molecule has 0 unspecified atom stereocenters. The van der Waals surface area contributed by atoms with Crippen LogP contribution in [0.2, 0.25) is 0 Å². The number of fused-ring (bicyclic) bond motifs is 1. The molecule has 0 atom stereocenters. The van der Waals surface area contributed by atoms with Gasteiger partial charge in [0.15, 0.2) is 0 Å². The molecule has 0 radical (unpaired) electrons. The van der Waals surface area contributed by atoms with Gasteiger partial charge in [0.2, 0.25) is 15.9 Å². The highest BCUT2D eigenvalue weighted by molar-refractivity contribution is 7.90. The van der Waals surface area contributed by atoms with Gasteiger partial charge in [-0.2, -0.15) is 0 Å². The van der Waals surface area contributed by atoms with Crippen molar-refractivity contribution in [1.82, 2.24) is 4.72 Å². The van der Waals surface area contributed by atoms with Crippen LogP contribution in [0.4, 0.5) is 11.4 Å². The lowest BCUT2D eigenvalue weighted by Crippen LogP contribution is -2.45. The van der Waals surface area contributed by atoms with E-state index in [1.165, 1.54) is 0 Å². The molecular weight excluding hydrogens is 338 g/mol. The van der Waals surface area contributed by atoms with E-state index in [1.54, 1.807) is 11.0 Å². The molecule has 0 saturated heterocycles. The number of hydrogen-bond acceptors (Lipinski definition) is 4. The Kier molecular flexibility index (Phi) is 5.34. The molecule has 7 heteroatoms. The van der Waals surface area contributed by atoms with Gasteiger partial charge >= 0.3 is 0 Å². The lowest BCUT2D eigenvalue weighted by Gasteiger charge is -2.31. The first-order valence-corrected chi connectivity index (χ1v) is 10.7. The molecule has 1 aliphatic carbocycles. The van der Waals surface area contributed by atoms with Crippen LogP contribution in [0.25, 0.3) is 0 Å². The monoisotopic (exact) mass is 365 g/mol. The molecule has 138 valence electrons. The number of nitrogens with one attached hydrogen (secondary N) is 1. The van der Waals surface area contributed by atoms with Gasteiger partial charge in [-0.3, -0.25) is 4.79 Å². The molecule has 1 amide bonds. The highest BCUT2D eigenvalue weighted by Gasteiger charge is 2.29. The third kappa shape index (κ3) is 4.33. The third-order valence-corrected chi connectivity index (χ3v) is 6.58. The Bertz CT molecular complexity index is 740. The summed E-state index contributed by atoms with van der Waals surface area (Å²) < 4.78 is 27.6. The molecule has 1 fully saturated rings. The van der Waals surface area contributed by atoms with E-state index in [9.17, 15) is 13.2 Å². The summed E-state index contributed by atoms with van der Waals surface area (Å²) in [7, 11) is -3.63. The normalized spacial score (nSPS) is 24.0. The Hall–Kier alpha value is -1.60. The average molecular weight is 365 g/mol. The number of carbonyl (C=O) groups is 1. The summed E-state index contributed by atoms with van der Waals surface area (Å²) in [5.41, 5.74) is 8.34. The number of rotatable bonds is 4. The highest BCUT2D eigenvalue weighted by Crippen LogP contribution is 2.31. The summed E-state index contributed by atoms with van der Waals surface area (Å²) in [4.78, 5) is 14.2. The molecular formula is C18H27N3O3S. The first-order valence-electron chi connectivity index (χ1n) is 9.03. The topological polar surface area (TPSA) is 92.5 Å². The summed E-state index contributed by atoms with van der Waals surface area (Å²) in [6, 6.07) is 5.41. The third-order valence-electron chi connectivity index (χ3n) is 5.26. The van der Waals surface area contributed by atoms with Crippen LogP contribution in [0.15, 0.2) is 18.2 Å². The second kappa shape index (κ2) is 7.33. The zero-order valence-corrected chi connectivity index (χ0v) is 15.5. The lowest BCUT2D eigenvalue weighted by molar-refractivity contribution is -0.116. The Morgan fingerprint density at radius 1 is 1.28 bits per heavy atom. The van der Waals surface area contributed by atoms with Crippen molar-refractivity contribution < 1.29 is 13.2 Å². The molecule has 3 N–H and O–H groups in total. The minimum Gasteiger partial charge on any atom is -0.398 e. The largest absolute Gasteiger partial charge is 0.398 e. The van der Waals surface area contributed by atoms with E-state index < -0.39 is 15.8 Å². The Morgan fingerprint density at radius 2 is 2.00 bits per heavy atom. The highest BCUT2D eigenvalue weighted by atomic mass is 32.2. The predicted octanol–water partition coefficient (Wildman–Crippen LogP) is 2.05. The number of benzene rings is 1. The standard InChI is InChI=1S/C18H27N3O3S/c1-13-7-9-14(10-8-13)20-25(23,24)12-18(22)21-11-3-4-15-16(19)5-2-6-17(15)21/h2,5-6,13-14,20H,3-4,7-12,19H2,1H3. The number of amides is 1. The molecule has 0 bridgehead atoms. The van der Waals surface area contributed by atoms with Gasteiger partial charge < -0.3 is 10.6 Å². The van der Waals surface area contributed by atoms with Crippen LogP contribution in [0.5, 0.6) is 0 Å². The lowest BCUT2D eigenvalue weighted by atomic mass is 9.88. The molecule has 2 aliphatic rings. The molecule has 1 heterocycles. The van der Waals surface area contributed by atoms with Crippen LogP contribution in [0.3, 0.4) is 0 Å². The van der Waals surface area contributed by atoms with E-state index in [2.05, 4.69) is 11.6 Å². The summed E-state index contributed by atoms with van der Waals surface area (Å²) in [5.74, 6) is -0.242. The molecule has 6 nitrogen and oxygen atoms in total. The maximum Gasteiger partial charge on any atom is 0.243 e. The van der Waals surface area contributed by atoms with Gasteiger partial charge in [0.25, 0.3) is 0 Å². The van der Waals surface area contributed by atoms with E-state index in [0.717, 1.165) is 49.8 Å². The molecule has 1 saturated carbocycles. The van der Waals surface area contributed by atoms with Crippen molar-refractivity contribution >= 4 is 27.3 Å². The Balaban J connectivity index is 1.67. The number of hydrogen-bond donors (Lipinski definition) is 2. The molecule has 25 heavy (non-hydrogen) atoms. The molecule has 1 aromatic carbocycles. The van der Waals surface area contributed by atoms with Crippen LogP contribution in [-0.2, 0) is 21.2 Å². The summed E-state index contributed by atoms with van der Waals surface area (Å²) in [6.07, 6.45) is 5.35. The molecule has 1 aromatic rings. The first kappa shape index (κ1) is 18.2. The number of nitrogen functional groups attached to an aromatic ring is 1. The second-order valence-electron chi connectivity index (χ2n) is 7.33. The molecule has 3 rings (SSSR count). The quantitative estimate of drug-likeness (QED) is 0.799. The summed E-state index contributed by atoms with van der Waals surface area (Å²) in [5, 5.41) is 0. The zero-order chi connectivity index (χ0) is 18.0.